The molecule has 0 aromatic rings. The SMILES string of the molecule is OC1CC2CC3OC3CC2C1. The molecule has 0 radical (unpaired) electrons. The molecule has 2 nitrogen and oxygen atoms in total. The summed E-state index contributed by atoms with van der Waals surface area (Å²) >= 11 is 0. The molecule has 0 spiro atoms. The smallest absolute Gasteiger partial charge is 0.0844 e. The fourth-order valence-corrected chi connectivity index (χ4v) is 2.95. The molecule has 1 N–H and O–H groups in total. The van der Waals surface area contributed by atoms with Crippen LogP contribution in [0.15, 0.2) is 0 Å². The lowest BCUT2D eigenvalue weighted by Gasteiger charge is -2.20. The number of rotatable bonds is 0. The molecule has 4 atom stereocenters. The number of epoxide rings is 1. The van der Waals surface area contributed by atoms with Crippen molar-refractivity contribution >= 4 is 0 Å². The Bertz CT molecular complexity index is 162. The summed E-state index contributed by atoms with van der Waals surface area (Å²) in [6.07, 6.45) is 5.71. The van der Waals surface area contributed by atoms with E-state index in [1.807, 2.05) is 0 Å². The maximum absolute atomic E-state index is 9.42. The predicted molar refractivity (Wildman–Crippen MR) is 40.1 cm³/mol. The van der Waals surface area contributed by atoms with Gasteiger partial charge in [-0.2, -0.15) is 0 Å². The Morgan fingerprint density at radius 3 is 2.00 bits per heavy atom. The van der Waals surface area contributed by atoms with E-state index in [1.54, 1.807) is 0 Å². The van der Waals surface area contributed by atoms with Crippen LogP contribution >= 0.6 is 0 Å². The lowest BCUT2D eigenvalue weighted by atomic mass is 9.82. The number of hydrogen-bond donors (Lipinski definition) is 1. The monoisotopic (exact) mass is 154 g/mol. The topological polar surface area (TPSA) is 32.8 Å². The van der Waals surface area contributed by atoms with E-state index in [9.17, 15) is 5.11 Å². The molecule has 0 aromatic heterocycles. The second-order valence-corrected chi connectivity index (χ2v) is 4.33. The van der Waals surface area contributed by atoms with Gasteiger partial charge >= 0.3 is 0 Å². The maximum atomic E-state index is 9.42. The highest BCUT2D eigenvalue weighted by Crippen LogP contribution is 2.49. The molecule has 3 aliphatic rings. The summed E-state index contributed by atoms with van der Waals surface area (Å²) in [5.41, 5.74) is 0. The minimum Gasteiger partial charge on any atom is -0.393 e. The van der Waals surface area contributed by atoms with Crippen LogP contribution in [0.25, 0.3) is 0 Å². The van der Waals surface area contributed by atoms with Gasteiger partial charge in [-0.25, -0.2) is 0 Å². The van der Waals surface area contributed by atoms with Crippen molar-refractivity contribution in [2.75, 3.05) is 0 Å². The van der Waals surface area contributed by atoms with Crippen molar-refractivity contribution in [2.45, 2.75) is 44.0 Å². The molecule has 3 fully saturated rings. The van der Waals surface area contributed by atoms with Crippen LogP contribution in [0.5, 0.6) is 0 Å². The first-order chi connectivity index (χ1) is 5.33. The van der Waals surface area contributed by atoms with Gasteiger partial charge in [-0.1, -0.05) is 0 Å². The van der Waals surface area contributed by atoms with Gasteiger partial charge in [0.1, 0.15) is 0 Å². The zero-order valence-electron chi connectivity index (χ0n) is 6.57. The summed E-state index contributed by atoms with van der Waals surface area (Å²) < 4.78 is 5.47. The normalized spacial score (nSPS) is 60.3. The first-order valence-corrected chi connectivity index (χ1v) is 4.66. The summed E-state index contributed by atoms with van der Waals surface area (Å²) in [4.78, 5) is 0. The van der Waals surface area contributed by atoms with Crippen LogP contribution in [0.2, 0.25) is 0 Å². The Hall–Kier alpha value is -0.0800. The second-order valence-electron chi connectivity index (χ2n) is 4.33. The summed E-state index contributed by atoms with van der Waals surface area (Å²) in [6, 6.07) is 0. The molecule has 0 bridgehead atoms. The molecule has 1 aliphatic heterocycles. The third-order valence-corrected chi connectivity index (χ3v) is 3.57. The average molecular weight is 154 g/mol. The average Bonchev–Trinajstić information content (AvgIpc) is 2.57. The summed E-state index contributed by atoms with van der Waals surface area (Å²) in [7, 11) is 0. The van der Waals surface area contributed by atoms with E-state index in [0.717, 1.165) is 24.7 Å². The number of aliphatic hydroxyl groups is 1. The molecule has 62 valence electrons. The highest BCUT2D eigenvalue weighted by molar-refractivity contribution is 4.99. The third-order valence-electron chi connectivity index (χ3n) is 3.57. The molecule has 4 unspecified atom stereocenters. The van der Waals surface area contributed by atoms with E-state index in [0.29, 0.717) is 12.2 Å². The molecule has 2 heteroatoms. The Labute approximate surface area is 66.5 Å². The molecule has 1 saturated heterocycles. The van der Waals surface area contributed by atoms with Gasteiger partial charge in [0.2, 0.25) is 0 Å². The van der Waals surface area contributed by atoms with Crippen molar-refractivity contribution in [3.63, 3.8) is 0 Å². The molecule has 2 saturated carbocycles. The van der Waals surface area contributed by atoms with E-state index in [-0.39, 0.29) is 6.10 Å². The van der Waals surface area contributed by atoms with E-state index < -0.39 is 0 Å². The number of hydrogen-bond acceptors (Lipinski definition) is 2. The number of aliphatic hydroxyl groups excluding tert-OH is 1. The van der Waals surface area contributed by atoms with Crippen molar-refractivity contribution in [2.24, 2.45) is 11.8 Å². The Morgan fingerprint density at radius 2 is 1.45 bits per heavy atom. The van der Waals surface area contributed by atoms with Gasteiger partial charge in [0.05, 0.1) is 18.3 Å². The van der Waals surface area contributed by atoms with Gasteiger partial charge in [-0.15, -0.1) is 0 Å². The third kappa shape index (κ3) is 0.926. The molecular weight excluding hydrogens is 140 g/mol. The predicted octanol–water partition coefficient (Wildman–Crippen LogP) is 0.935. The molecule has 11 heavy (non-hydrogen) atoms. The van der Waals surface area contributed by atoms with Crippen molar-refractivity contribution < 1.29 is 9.84 Å². The minimum atomic E-state index is 0.00231. The van der Waals surface area contributed by atoms with Crippen LogP contribution in [-0.2, 0) is 4.74 Å². The van der Waals surface area contributed by atoms with Crippen LogP contribution < -0.4 is 0 Å². The molecule has 0 amide bonds. The van der Waals surface area contributed by atoms with Crippen LogP contribution in [0.1, 0.15) is 25.7 Å². The zero-order valence-corrected chi connectivity index (χ0v) is 6.57. The van der Waals surface area contributed by atoms with E-state index in [4.69, 9.17) is 4.74 Å². The number of ether oxygens (including phenoxy) is 1. The largest absolute Gasteiger partial charge is 0.393 e. The molecule has 1 heterocycles. The maximum Gasteiger partial charge on any atom is 0.0844 e. The van der Waals surface area contributed by atoms with Crippen molar-refractivity contribution in [3.05, 3.63) is 0 Å². The first kappa shape index (κ1) is 6.44. The summed E-state index contributed by atoms with van der Waals surface area (Å²) in [5, 5.41) is 9.42. The summed E-state index contributed by atoms with van der Waals surface area (Å²) in [6.45, 7) is 0. The quantitative estimate of drug-likeness (QED) is 0.526. The van der Waals surface area contributed by atoms with Gasteiger partial charge in [0.25, 0.3) is 0 Å². The Morgan fingerprint density at radius 1 is 0.909 bits per heavy atom. The molecule has 0 aromatic carbocycles. The molecule has 2 aliphatic carbocycles. The Balaban J connectivity index is 1.75. The zero-order chi connectivity index (χ0) is 7.42. The van der Waals surface area contributed by atoms with Crippen molar-refractivity contribution in [1.82, 2.24) is 0 Å². The highest BCUT2D eigenvalue weighted by atomic mass is 16.6. The van der Waals surface area contributed by atoms with Gasteiger partial charge in [0, 0.05) is 0 Å². The van der Waals surface area contributed by atoms with Crippen LogP contribution in [0.3, 0.4) is 0 Å². The number of fused-ring (bicyclic) bond motifs is 2. The van der Waals surface area contributed by atoms with Gasteiger partial charge in [0.15, 0.2) is 0 Å². The van der Waals surface area contributed by atoms with Gasteiger partial charge < -0.3 is 9.84 Å². The Kier molecular flexibility index (Phi) is 1.16. The second kappa shape index (κ2) is 1.99. The summed E-state index contributed by atoms with van der Waals surface area (Å²) in [5.74, 6) is 1.57. The lowest BCUT2D eigenvalue weighted by molar-refractivity contribution is 0.173. The van der Waals surface area contributed by atoms with Gasteiger partial charge in [-0.3, -0.25) is 0 Å². The highest BCUT2D eigenvalue weighted by Gasteiger charge is 2.50. The minimum absolute atomic E-state index is 0.00231. The van der Waals surface area contributed by atoms with Gasteiger partial charge in [-0.05, 0) is 37.5 Å². The first-order valence-electron chi connectivity index (χ1n) is 4.66. The van der Waals surface area contributed by atoms with E-state index >= 15 is 0 Å². The standard InChI is InChI=1S/C9H14O2/c10-7-1-5-3-8-9(11-8)4-6(5)2-7/h5-10H,1-4H2. The fourth-order valence-electron chi connectivity index (χ4n) is 2.95. The van der Waals surface area contributed by atoms with E-state index in [2.05, 4.69) is 0 Å². The van der Waals surface area contributed by atoms with Crippen LogP contribution in [0.4, 0.5) is 0 Å². The van der Waals surface area contributed by atoms with Crippen LogP contribution in [0, 0.1) is 11.8 Å². The molecule has 3 rings (SSSR count). The lowest BCUT2D eigenvalue weighted by Crippen LogP contribution is -2.19. The van der Waals surface area contributed by atoms with E-state index in [1.165, 1.54) is 12.8 Å². The van der Waals surface area contributed by atoms with Crippen LogP contribution in [-0.4, -0.2) is 23.4 Å². The van der Waals surface area contributed by atoms with Crippen molar-refractivity contribution in [1.29, 1.82) is 0 Å². The molecular formula is C9H14O2. The fraction of sp³-hybridized carbons (Fsp3) is 1.00. The van der Waals surface area contributed by atoms with Crippen molar-refractivity contribution in [3.8, 4) is 0 Å².